The zero-order valence-electron chi connectivity index (χ0n) is 12.4. The van der Waals surface area contributed by atoms with Gasteiger partial charge in [-0.1, -0.05) is 0 Å². The van der Waals surface area contributed by atoms with E-state index in [-0.39, 0.29) is 18.0 Å². The Morgan fingerprint density at radius 3 is 2.43 bits per heavy atom. The van der Waals surface area contributed by atoms with Gasteiger partial charge in [0, 0.05) is 26.1 Å². The standard InChI is InChI=1S/C13H23N3O4S/c1-9(17)14-10-3-6-16(7-4-10)13(20)15-11(12(18)19)5-8-21-2/h10-11H,3-8H2,1-2H3,(H,14,17)(H,15,20)(H,18,19)/t11-/m0/s1. The molecule has 0 aromatic carbocycles. The van der Waals surface area contributed by atoms with Gasteiger partial charge in [0.1, 0.15) is 6.04 Å². The predicted molar refractivity (Wildman–Crippen MR) is 81.4 cm³/mol. The van der Waals surface area contributed by atoms with E-state index < -0.39 is 12.0 Å². The van der Waals surface area contributed by atoms with E-state index in [1.165, 1.54) is 6.92 Å². The lowest BCUT2D eigenvalue weighted by Crippen LogP contribution is -2.52. The molecule has 1 aliphatic rings. The number of thioether (sulfide) groups is 1. The summed E-state index contributed by atoms with van der Waals surface area (Å²) in [6, 6.07) is -1.10. The third kappa shape index (κ3) is 6.24. The average molecular weight is 317 g/mol. The Morgan fingerprint density at radius 2 is 1.95 bits per heavy atom. The Hall–Kier alpha value is -1.44. The summed E-state index contributed by atoms with van der Waals surface area (Å²) in [7, 11) is 0. The van der Waals surface area contributed by atoms with Gasteiger partial charge in [-0.2, -0.15) is 11.8 Å². The van der Waals surface area contributed by atoms with Crippen molar-refractivity contribution in [3.8, 4) is 0 Å². The number of hydrogen-bond acceptors (Lipinski definition) is 4. The lowest BCUT2D eigenvalue weighted by Gasteiger charge is -2.33. The molecular formula is C13H23N3O4S. The Bertz CT molecular complexity index is 384. The zero-order valence-corrected chi connectivity index (χ0v) is 13.2. The summed E-state index contributed by atoms with van der Waals surface area (Å²) in [5.74, 6) is -0.395. The number of nitrogens with zero attached hydrogens (tertiary/aromatic N) is 1. The molecule has 0 aromatic heterocycles. The van der Waals surface area contributed by atoms with E-state index in [0.29, 0.717) is 38.1 Å². The molecule has 0 spiro atoms. The van der Waals surface area contributed by atoms with Gasteiger partial charge in [-0.05, 0) is 31.3 Å². The zero-order chi connectivity index (χ0) is 15.8. The second-order valence-corrected chi connectivity index (χ2v) is 6.07. The fourth-order valence-corrected chi connectivity index (χ4v) is 2.72. The molecule has 0 aliphatic carbocycles. The number of aliphatic carboxylic acids is 1. The summed E-state index contributed by atoms with van der Waals surface area (Å²) in [5, 5.41) is 14.5. The van der Waals surface area contributed by atoms with Crippen molar-refractivity contribution in [2.75, 3.05) is 25.1 Å². The lowest BCUT2D eigenvalue weighted by molar-refractivity contribution is -0.139. The molecule has 0 aromatic rings. The predicted octanol–water partition coefficient (Wildman–Crippen LogP) is 0.503. The van der Waals surface area contributed by atoms with Gasteiger partial charge in [-0.25, -0.2) is 9.59 Å². The van der Waals surface area contributed by atoms with Crippen LogP contribution in [0.2, 0.25) is 0 Å². The van der Waals surface area contributed by atoms with E-state index in [1.54, 1.807) is 16.7 Å². The van der Waals surface area contributed by atoms with Crippen LogP contribution in [-0.2, 0) is 9.59 Å². The van der Waals surface area contributed by atoms with Crippen LogP contribution in [0.25, 0.3) is 0 Å². The van der Waals surface area contributed by atoms with Gasteiger partial charge < -0.3 is 20.6 Å². The van der Waals surface area contributed by atoms with Crippen LogP contribution in [0.3, 0.4) is 0 Å². The van der Waals surface area contributed by atoms with Crippen molar-refractivity contribution in [1.82, 2.24) is 15.5 Å². The number of carbonyl (C=O) groups excluding carboxylic acids is 2. The molecule has 0 bridgehead atoms. The monoisotopic (exact) mass is 317 g/mol. The molecule has 1 rings (SSSR count). The van der Waals surface area contributed by atoms with Crippen LogP contribution in [0.5, 0.6) is 0 Å². The lowest BCUT2D eigenvalue weighted by atomic mass is 10.1. The Labute approximate surface area is 128 Å². The maximum absolute atomic E-state index is 12.1. The number of likely N-dealkylation sites (tertiary alicyclic amines) is 1. The van der Waals surface area contributed by atoms with E-state index >= 15 is 0 Å². The average Bonchev–Trinajstić information content (AvgIpc) is 2.43. The summed E-state index contributed by atoms with van der Waals surface area (Å²) in [4.78, 5) is 35.8. The first kappa shape index (κ1) is 17.6. The number of urea groups is 1. The van der Waals surface area contributed by atoms with Gasteiger partial charge in [0.15, 0.2) is 0 Å². The SMILES string of the molecule is CSCC[C@H](NC(=O)N1CCC(NC(C)=O)CC1)C(=O)O. The molecule has 1 saturated heterocycles. The topological polar surface area (TPSA) is 98.7 Å². The Balaban J connectivity index is 2.41. The maximum atomic E-state index is 12.1. The molecular weight excluding hydrogens is 294 g/mol. The fourth-order valence-electron chi connectivity index (χ4n) is 2.25. The maximum Gasteiger partial charge on any atom is 0.326 e. The second-order valence-electron chi connectivity index (χ2n) is 5.08. The molecule has 21 heavy (non-hydrogen) atoms. The molecule has 120 valence electrons. The van der Waals surface area contributed by atoms with Crippen LogP contribution in [0.4, 0.5) is 4.79 Å². The molecule has 0 saturated carbocycles. The van der Waals surface area contributed by atoms with Crippen LogP contribution in [0.15, 0.2) is 0 Å². The number of carboxylic acids is 1. The van der Waals surface area contributed by atoms with Crippen molar-refractivity contribution in [2.45, 2.75) is 38.3 Å². The van der Waals surface area contributed by atoms with Gasteiger partial charge in [0.25, 0.3) is 0 Å². The van der Waals surface area contributed by atoms with E-state index in [2.05, 4.69) is 10.6 Å². The van der Waals surface area contributed by atoms with Gasteiger partial charge in [0.2, 0.25) is 5.91 Å². The normalized spacial score (nSPS) is 17.1. The number of amides is 3. The third-order valence-corrected chi connectivity index (χ3v) is 4.04. The number of carboxylic acid groups (broad SMARTS) is 1. The van der Waals surface area contributed by atoms with Crippen molar-refractivity contribution in [3.63, 3.8) is 0 Å². The van der Waals surface area contributed by atoms with Crippen molar-refractivity contribution in [3.05, 3.63) is 0 Å². The highest BCUT2D eigenvalue weighted by atomic mass is 32.2. The molecule has 3 amide bonds. The summed E-state index contributed by atoms with van der Waals surface area (Å²) in [5.41, 5.74) is 0. The van der Waals surface area contributed by atoms with Crippen LogP contribution < -0.4 is 10.6 Å². The number of nitrogens with one attached hydrogen (secondary N) is 2. The van der Waals surface area contributed by atoms with Gasteiger partial charge >= 0.3 is 12.0 Å². The van der Waals surface area contributed by atoms with Crippen molar-refractivity contribution >= 4 is 29.7 Å². The Kier molecular flexibility index (Phi) is 7.35. The highest BCUT2D eigenvalue weighted by molar-refractivity contribution is 7.98. The molecule has 7 nitrogen and oxygen atoms in total. The summed E-state index contributed by atoms with van der Waals surface area (Å²) < 4.78 is 0. The van der Waals surface area contributed by atoms with Crippen molar-refractivity contribution in [2.24, 2.45) is 0 Å². The molecule has 0 unspecified atom stereocenters. The molecule has 1 heterocycles. The minimum atomic E-state index is -1.01. The van der Waals surface area contributed by atoms with Gasteiger partial charge in [0.05, 0.1) is 0 Å². The number of piperidine rings is 1. The van der Waals surface area contributed by atoms with E-state index in [4.69, 9.17) is 5.11 Å². The Morgan fingerprint density at radius 1 is 1.33 bits per heavy atom. The molecule has 8 heteroatoms. The fraction of sp³-hybridized carbons (Fsp3) is 0.769. The van der Waals surface area contributed by atoms with E-state index in [9.17, 15) is 14.4 Å². The highest BCUT2D eigenvalue weighted by Crippen LogP contribution is 2.11. The summed E-state index contributed by atoms with van der Waals surface area (Å²) in [6.45, 7) is 2.51. The molecule has 0 radical (unpaired) electrons. The quantitative estimate of drug-likeness (QED) is 0.663. The first-order valence-electron chi connectivity index (χ1n) is 6.98. The molecule has 1 atom stereocenters. The van der Waals surface area contributed by atoms with Crippen LogP contribution in [0, 0.1) is 0 Å². The van der Waals surface area contributed by atoms with Crippen molar-refractivity contribution < 1.29 is 19.5 Å². The van der Waals surface area contributed by atoms with Crippen LogP contribution in [0.1, 0.15) is 26.2 Å². The first-order valence-corrected chi connectivity index (χ1v) is 8.37. The minimum absolute atomic E-state index is 0.0686. The van der Waals surface area contributed by atoms with Gasteiger partial charge in [-0.3, -0.25) is 4.79 Å². The number of rotatable bonds is 6. The van der Waals surface area contributed by atoms with Gasteiger partial charge in [-0.15, -0.1) is 0 Å². The second kappa shape index (κ2) is 8.76. The van der Waals surface area contributed by atoms with E-state index in [1.807, 2.05) is 6.26 Å². The van der Waals surface area contributed by atoms with Crippen molar-refractivity contribution in [1.29, 1.82) is 0 Å². The van der Waals surface area contributed by atoms with Crippen LogP contribution in [-0.4, -0.2) is 65.1 Å². The third-order valence-electron chi connectivity index (χ3n) is 3.40. The number of carbonyl (C=O) groups is 3. The molecule has 1 aliphatic heterocycles. The summed E-state index contributed by atoms with van der Waals surface area (Å²) in [6.07, 6.45) is 3.68. The molecule has 1 fully saturated rings. The first-order chi connectivity index (χ1) is 9.93. The number of hydrogen-bond donors (Lipinski definition) is 3. The largest absolute Gasteiger partial charge is 0.480 e. The smallest absolute Gasteiger partial charge is 0.326 e. The summed E-state index contributed by atoms with van der Waals surface area (Å²) >= 11 is 1.55. The minimum Gasteiger partial charge on any atom is -0.480 e. The van der Waals surface area contributed by atoms with E-state index in [0.717, 1.165) is 0 Å². The molecule has 3 N–H and O–H groups in total. The van der Waals surface area contributed by atoms with Crippen LogP contribution >= 0.6 is 11.8 Å². The highest BCUT2D eigenvalue weighted by Gasteiger charge is 2.26.